The van der Waals surface area contributed by atoms with Crippen LogP contribution in [0, 0.1) is 0 Å². The molecule has 0 amide bonds. The van der Waals surface area contributed by atoms with Crippen molar-refractivity contribution in [3.63, 3.8) is 0 Å². The lowest BCUT2D eigenvalue weighted by molar-refractivity contribution is 0.153. The SMILES string of the molecule is CCN(CC)C(C)(C)C.C[SiH2]C. The van der Waals surface area contributed by atoms with E-state index in [1.54, 1.807) is 0 Å². The maximum atomic E-state index is 2.44. The third-order valence-electron chi connectivity index (χ3n) is 1.71. The van der Waals surface area contributed by atoms with E-state index in [2.05, 4.69) is 52.6 Å². The summed E-state index contributed by atoms with van der Waals surface area (Å²) in [5.41, 5.74) is 0.351. The Bertz CT molecular complexity index is 82.3. The monoisotopic (exact) mass is 189 g/mol. The van der Waals surface area contributed by atoms with Gasteiger partial charge in [0.15, 0.2) is 0 Å². The van der Waals surface area contributed by atoms with Gasteiger partial charge in [0.25, 0.3) is 0 Å². The fourth-order valence-electron chi connectivity index (χ4n) is 1.17. The summed E-state index contributed by atoms with van der Waals surface area (Å²) in [6.07, 6.45) is 0. The van der Waals surface area contributed by atoms with Crippen LogP contribution >= 0.6 is 0 Å². The predicted molar refractivity (Wildman–Crippen MR) is 62.9 cm³/mol. The van der Waals surface area contributed by atoms with Crippen LogP contribution in [0.1, 0.15) is 34.6 Å². The predicted octanol–water partition coefficient (Wildman–Crippen LogP) is 2.38. The first-order valence-corrected chi connectivity index (χ1v) is 8.01. The molecule has 0 spiro atoms. The van der Waals surface area contributed by atoms with Gasteiger partial charge in [0.05, 0.1) is 0 Å². The summed E-state index contributed by atoms with van der Waals surface area (Å²) in [5.74, 6) is 0. The molecule has 0 N–H and O–H groups in total. The quantitative estimate of drug-likeness (QED) is 0.603. The molecule has 0 aliphatic heterocycles. The molecule has 0 fully saturated rings. The molecule has 0 aliphatic carbocycles. The lowest BCUT2D eigenvalue weighted by Crippen LogP contribution is -2.40. The van der Waals surface area contributed by atoms with Crippen molar-refractivity contribution >= 4 is 9.52 Å². The highest BCUT2D eigenvalue weighted by molar-refractivity contribution is 6.31. The van der Waals surface area contributed by atoms with E-state index in [1.807, 2.05) is 0 Å². The fraction of sp³-hybridized carbons (Fsp3) is 1.00. The van der Waals surface area contributed by atoms with Crippen molar-refractivity contribution in [3.8, 4) is 0 Å². The highest BCUT2D eigenvalue weighted by Crippen LogP contribution is 2.10. The van der Waals surface area contributed by atoms with E-state index in [0.717, 1.165) is 13.1 Å². The zero-order chi connectivity index (χ0) is 10.2. The second-order valence-electron chi connectivity index (χ2n) is 4.05. The normalized spacial score (nSPS) is 11.0. The molecule has 0 aromatic rings. The van der Waals surface area contributed by atoms with E-state index in [-0.39, 0.29) is 0 Å². The molecule has 0 aliphatic rings. The molecular formula is C10H27NSi. The summed E-state index contributed by atoms with van der Waals surface area (Å²) in [7, 11) is 0.417. The van der Waals surface area contributed by atoms with E-state index >= 15 is 0 Å². The van der Waals surface area contributed by atoms with Gasteiger partial charge in [0.2, 0.25) is 0 Å². The van der Waals surface area contributed by atoms with Gasteiger partial charge in [-0.3, -0.25) is 4.90 Å². The van der Waals surface area contributed by atoms with Crippen LogP contribution in [-0.4, -0.2) is 33.0 Å². The third kappa shape index (κ3) is 8.28. The summed E-state index contributed by atoms with van der Waals surface area (Å²) in [4.78, 5) is 2.44. The Morgan fingerprint density at radius 2 is 1.25 bits per heavy atom. The van der Waals surface area contributed by atoms with E-state index in [0.29, 0.717) is 15.1 Å². The summed E-state index contributed by atoms with van der Waals surface area (Å²) in [6.45, 7) is 18.0. The minimum Gasteiger partial charge on any atom is -0.299 e. The minimum atomic E-state index is 0.351. The van der Waals surface area contributed by atoms with Crippen LogP contribution in [0.2, 0.25) is 13.1 Å². The lowest BCUT2D eigenvalue weighted by Gasteiger charge is -2.33. The Morgan fingerprint density at radius 3 is 1.25 bits per heavy atom. The number of nitrogens with zero attached hydrogens (tertiary/aromatic N) is 1. The number of hydrogen-bond donors (Lipinski definition) is 0. The maximum Gasteiger partial charge on any atom is 0.0135 e. The molecule has 0 bridgehead atoms. The van der Waals surface area contributed by atoms with Gasteiger partial charge in [-0.05, 0) is 33.9 Å². The van der Waals surface area contributed by atoms with Gasteiger partial charge in [-0.1, -0.05) is 26.9 Å². The molecule has 0 heterocycles. The van der Waals surface area contributed by atoms with Gasteiger partial charge >= 0.3 is 0 Å². The fourth-order valence-corrected chi connectivity index (χ4v) is 1.17. The summed E-state index contributed by atoms with van der Waals surface area (Å²) >= 11 is 0. The first-order chi connectivity index (χ1) is 5.43. The number of hydrogen-bond acceptors (Lipinski definition) is 1. The molecule has 0 aromatic carbocycles. The Kier molecular flexibility index (Phi) is 9.56. The molecule has 0 atom stereocenters. The summed E-state index contributed by atoms with van der Waals surface area (Å²) in [6, 6.07) is 0. The zero-order valence-corrected chi connectivity index (χ0v) is 11.5. The molecule has 0 aromatic heterocycles. The summed E-state index contributed by atoms with van der Waals surface area (Å²) < 4.78 is 0. The van der Waals surface area contributed by atoms with Gasteiger partial charge in [0, 0.05) is 15.1 Å². The molecule has 12 heavy (non-hydrogen) atoms. The van der Waals surface area contributed by atoms with Crippen molar-refractivity contribution < 1.29 is 0 Å². The summed E-state index contributed by atoms with van der Waals surface area (Å²) in [5, 5.41) is 0. The van der Waals surface area contributed by atoms with E-state index in [9.17, 15) is 0 Å². The minimum absolute atomic E-state index is 0.351. The number of rotatable bonds is 2. The Labute approximate surface area is 81.4 Å². The van der Waals surface area contributed by atoms with Gasteiger partial charge < -0.3 is 0 Å². The van der Waals surface area contributed by atoms with E-state index in [1.165, 1.54) is 0 Å². The van der Waals surface area contributed by atoms with Crippen LogP contribution in [0.15, 0.2) is 0 Å². The van der Waals surface area contributed by atoms with Crippen LogP contribution in [0.25, 0.3) is 0 Å². The average Bonchev–Trinajstić information content (AvgIpc) is 1.88. The standard InChI is InChI=1S/C8H19N.C2H8Si/c1-6-9(7-2)8(3,4)5;1-3-2/h6-7H2,1-5H3;3H2,1-2H3. The molecular weight excluding hydrogens is 162 g/mol. The average molecular weight is 189 g/mol. The highest BCUT2D eigenvalue weighted by Gasteiger charge is 2.16. The van der Waals surface area contributed by atoms with Gasteiger partial charge in [0.1, 0.15) is 0 Å². The van der Waals surface area contributed by atoms with Crippen molar-refractivity contribution in [2.75, 3.05) is 13.1 Å². The van der Waals surface area contributed by atoms with Crippen LogP contribution in [-0.2, 0) is 0 Å². The smallest absolute Gasteiger partial charge is 0.0135 e. The van der Waals surface area contributed by atoms with Crippen molar-refractivity contribution in [2.24, 2.45) is 0 Å². The van der Waals surface area contributed by atoms with Crippen molar-refractivity contribution in [1.82, 2.24) is 4.90 Å². The second-order valence-corrected chi connectivity index (χ2v) is 5.46. The first-order valence-electron chi connectivity index (χ1n) is 5.18. The van der Waals surface area contributed by atoms with Gasteiger partial charge in [-0.2, -0.15) is 0 Å². The Morgan fingerprint density at radius 1 is 1.00 bits per heavy atom. The van der Waals surface area contributed by atoms with Gasteiger partial charge in [-0.15, -0.1) is 0 Å². The van der Waals surface area contributed by atoms with Crippen LogP contribution < -0.4 is 0 Å². The lowest BCUT2D eigenvalue weighted by atomic mass is 10.1. The molecule has 0 saturated carbocycles. The molecule has 2 heteroatoms. The highest BCUT2D eigenvalue weighted by atomic mass is 28.2. The largest absolute Gasteiger partial charge is 0.299 e. The molecule has 0 rings (SSSR count). The van der Waals surface area contributed by atoms with Crippen molar-refractivity contribution in [3.05, 3.63) is 0 Å². The van der Waals surface area contributed by atoms with Crippen LogP contribution in [0.4, 0.5) is 0 Å². The van der Waals surface area contributed by atoms with Crippen LogP contribution in [0.5, 0.6) is 0 Å². The molecule has 0 saturated heterocycles. The molecule has 0 unspecified atom stereocenters. The van der Waals surface area contributed by atoms with Crippen molar-refractivity contribution in [2.45, 2.75) is 53.3 Å². The van der Waals surface area contributed by atoms with Crippen molar-refractivity contribution in [1.29, 1.82) is 0 Å². The zero-order valence-electron chi connectivity index (χ0n) is 10.1. The van der Waals surface area contributed by atoms with E-state index < -0.39 is 0 Å². The van der Waals surface area contributed by atoms with Crippen LogP contribution in [0.3, 0.4) is 0 Å². The second kappa shape index (κ2) is 7.81. The Hall–Kier alpha value is 0.177. The Balaban J connectivity index is 0. The van der Waals surface area contributed by atoms with E-state index in [4.69, 9.17) is 0 Å². The third-order valence-corrected chi connectivity index (χ3v) is 1.71. The molecule has 0 radical (unpaired) electrons. The molecule has 1 nitrogen and oxygen atoms in total. The maximum absolute atomic E-state index is 2.44. The topological polar surface area (TPSA) is 3.24 Å². The molecule has 76 valence electrons. The van der Waals surface area contributed by atoms with Gasteiger partial charge in [-0.25, -0.2) is 0 Å². The first kappa shape index (κ1) is 14.7.